The lowest BCUT2D eigenvalue weighted by Gasteiger charge is -2.14. The summed E-state index contributed by atoms with van der Waals surface area (Å²) < 4.78 is 40.0. The zero-order valence-electron chi connectivity index (χ0n) is 18.4. The molecule has 176 valence electrons. The van der Waals surface area contributed by atoms with Gasteiger partial charge < -0.3 is 24.8 Å². The van der Waals surface area contributed by atoms with E-state index in [2.05, 4.69) is 15.3 Å². The average Bonchev–Trinajstić information content (AvgIpc) is 3.64. The van der Waals surface area contributed by atoms with Crippen LogP contribution in [-0.2, 0) is 11.4 Å². The van der Waals surface area contributed by atoms with E-state index in [1.54, 1.807) is 24.2 Å². The summed E-state index contributed by atoms with van der Waals surface area (Å²) >= 11 is 0. The highest BCUT2D eigenvalue weighted by Crippen LogP contribution is 2.44. The molecule has 0 bridgehead atoms. The first-order valence-corrected chi connectivity index (χ1v) is 10.4. The van der Waals surface area contributed by atoms with Gasteiger partial charge in [-0.3, -0.25) is 4.79 Å². The van der Waals surface area contributed by atoms with Gasteiger partial charge in [0.15, 0.2) is 17.3 Å². The van der Waals surface area contributed by atoms with Crippen LogP contribution < -0.4 is 14.8 Å². The molecule has 0 radical (unpaired) electrons. The maximum Gasteiger partial charge on any atom is 0.227 e. The highest BCUT2D eigenvalue weighted by molar-refractivity contribution is 5.68. The molecule has 0 spiro atoms. The predicted octanol–water partition coefficient (Wildman–Crippen LogP) is 3.15. The van der Waals surface area contributed by atoms with Gasteiger partial charge >= 0.3 is 0 Å². The van der Waals surface area contributed by atoms with E-state index in [9.17, 15) is 13.6 Å². The van der Waals surface area contributed by atoms with Crippen molar-refractivity contribution >= 4 is 12.2 Å². The Labute approximate surface area is 190 Å². The van der Waals surface area contributed by atoms with Gasteiger partial charge in [-0.25, -0.2) is 18.7 Å². The SMILES string of the molecule is COc1cc(C2CC2)c(F)c(COc2cnc(NC(/C=C\N(C)CCO)=C/C=O)nc2)c1F. The Kier molecular flexibility index (Phi) is 8.31. The molecule has 10 heteroatoms. The number of allylic oxidation sites excluding steroid dienone is 2. The number of carbonyl (C=O) groups is 1. The summed E-state index contributed by atoms with van der Waals surface area (Å²) in [7, 11) is 3.11. The Morgan fingerprint density at radius 1 is 1.30 bits per heavy atom. The second-order valence-corrected chi connectivity index (χ2v) is 7.48. The molecule has 1 aromatic heterocycles. The van der Waals surface area contributed by atoms with Crippen LogP contribution in [0.3, 0.4) is 0 Å². The third kappa shape index (κ3) is 6.48. The number of carbonyl (C=O) groups excluding carboxylic acids is 1. The molecule has 0 saturated heterocycles. The zero-order chi connectivity index (χ0) is 23.8. The van der Waals surface area contributed by atoms with E-state index in [4.69, 9.17) is 14.6 Å². The first-order chi connectivity index (χ1) is 16.0. The summed E-state index contributed by atoms with van der Waals surface area (Å²) in [4.78, 5) is 20.8. The second-order valence-electron chi connectivity index (χ2n) is 7.48. The van der Waals surface area contributed by atoms with Crippen molar-refractivity contribution in [3.63, 3.8) is 0 Å². The second kappa shape index (κ2) is 11.4. The summed E-state index contributed by atoms with van der Waals surface area (Å²) in [5.41, 5.74) is 0.665. The van der Waals surface area contributed by atoms with Gasteiger partial charge in [0.2, 0.25) is 5.95 Å². The molecule has 1 saturated carbocycles. The molecular formula is C23H26F2N4O4. The summed E-state index contributed by atoms with van der Waals surface area (Å²) in [5.74, 6) is -0.927. The number of aliphatic hydroxyl groups is 1. The molecule has 2 N–H and O–H groups in total. The number of benzene rings is 1. The first kappa shape index (κ1) is 24.1. The number of ether oxygens (including phenoxy) is 2. The number of rotatable bonds is 12. The van der Waals surface area contributed by atoms with E-state index in [1.807, 2.05) is 0 Å². The molecule has 0 unspecified atom stereocenters. The third-order valence-electron chi connectivity index (χ3n) is 5.00. The number of aliphatic hydroxyl groups excluding tert-OH is 1. The number of likely N-dealkylation sites (N-methyl/N-ethyl adjacent to an activating group) is 1. The fraction of sp³-hybridized carbons (Fsp3) is 0.348. The van der Waals surface area contributed by atoms with Gasteiger partial charge in [0.05, 0.1) is 31.7 Å². The van der Waals surface area contributed by atoms with Crippen LogP contribution >= 0.6 is 0 Å². The highest BCUT2D eigenvalue weighted by Gasteiger charge is 2.30. The van der Waals surface area contributed by atoms with Crippen molar-refractivity contribution in [1.29, 1.82) is 0 Å². The summed E-state index contributed by atoms with van der Waals surface area (Å²) in [6.07, 6.45) is 9.66. The van der Waals surface area contributed by atoms with E-state index in [0.29, 0.717) is 24.1 Å². The number of nitrogens with zero attached hydrogens (tertiary/aromatic N) is 3. The number of aldehydes is 1. The monoisotopic (exact) mass is 460 g/mol. The zero-order valence-corrected chi connectivity index (χ0v) is 18.4. The Hall–Kier alpha value is -3.53. The van der Waals surface area contributed by atoms with Crippen LogP contribution in [-0.4, -0.2) is 53.6 Å². The lowest BCUT2D eigenvalue weighted by atomic mass is 10.0. The Morgan fingerprint density at radius 3 is 2.64 bits per heavy atom. The molecule has 1 fully saturated rings. The van der Waals surface area contributed by atoms with Crippen molar-refractivity contribution in [2.75, 3.05) is 32.6 Å². The van der Waals surface area contributed by atoms with Crippen LogP contribution in [0.15, 0.2) is 42.5 Å². The van der Waals surface area contributed by atoms with Crippen LogP contribution in [0.4, 0.5) is 14.7 Å². The number of nitrogens with one attached hydrogen (secondary N) is 1. The van der Waals surface area contributed by atoms with E-state index in [-0.39, 0.29) is 42.1 Å². The summed E-state index contributed by atoms with van der Waals surface area (Å²) in [6.45, 7) is 0.0853. The van der Waals surface area contributed by atoms with E-state index >= 15 is 0 Å². The third-order valence-corrected chi connectivity index (χ3v) is 5.00. The van der Waals surface area contributed by atoms with E-state index in [1.165, 1.54) is 31.6 Å². The number of aromatic nitrogens is 2. The molecule has 33 heavy (non-hydrogen) atoms. The molecule has 1 aliphatic carbocycles. The van der Waals surface area contributed by atoms with Gasteiger partial charge in [0.25, 0.3) is 0 Å². The van der Waals surface area contributed by atoms with Crippen molar-refractivity contribution in [3.8, 4) is 11.5 Å². The normalized spacial score (nSPS) is 13.8. The van der Waals surface area contributed by atoms with Gasteiger partial charge in [0, 0.05) is 31.6 Å². The maximum absolute atomic E-state index is 14.8. The molecule has 8 nitrogen and oxygen atoms in total. The maximum atomic E-state index is 14.8. The van der Waals surface area contributed by atoms with Crippen molar-refractivity contribution < 1.29 is 28.2 Å². The van der Waals surface area contributed by atoms with Crippen molar-refractivity contribution in [1.82, 2.24) is 14.9 Å². The van der Waals surface area contributed by atoms with Gasteiger partial charge in [-0.05, 0) is 36.5 Å². The minimum atomic E-state index is -0.791. The largest absolute Gasteiger partial charge is 0.494 e. The van der Waals surface area contributed by atoms with Crippen LogP contribution in [0.5, 0.6) is 11.5 Å². The minimum absolute atomic E-state index is 0.00295. The Balaban J connectivity index is 1.67. The molecule has 1 heterocycles. The standard InChI is InChI=1S/C23H26F2N4O4/c1-29(8-10-31)7-5-16(6-9-30)28-23-26-12-17(13-27-23)33-14-19-21(24)18(15-3-4-15)11-20(32-2)22(19)25/h5-7,9,11-13,15,31H,3-4,8,10,14H2,1-2H3,(H,26,27,28)/b7-5-,16-6+. The van der Waals surface area contributed by atoms with Crippen molar-refractivity contribution in [2.24, 2.45) is 0 Å². The fourth-order valence-corrected chi connectivity index (χ4v) is 3.05. The Morgan fingerprint density at radius 2 is 2.03 bits per heavy atom. The molecule has 0 amide bonds. The van der Waals surface area contributed by atoms with Gasteiger partial charge in [-0.2, -0.15) is 0 Å². The lowest BCUT2D eigenvalue weighted by molar-refractivity contribution is -0.104. The van der Waals surface area contributed by atoms with Crippen LogP contribution in [0, 0.1) is 11.6 Å². The molecule has 0 aliphatic heterocycles. The topological polar surface area (TPSA) is 96.8 Å². The lowest BCUT2D eigenvalue weighted by Crippen LogP contribution is -2.15. The van der Waals surface area contributed by atoms with E-state index < -0.39 is 11.6 Å². The van der Waals surface area contributed by atoms with Crippen molar-refractivity contribution in [3.05, 3.63) is 65.3 Å². The number of methoxy groups -OCH3 is 1. The molecule has 1 aliphatic rings. The highest BCUT2D eigenvalue weighted by atomic mass is 19.1. The quantitative estimate of drug-likeness (QED) is 0.283. The number of hydrogen-bond donors (Lipinski definition) is 2. The number of anilines is 1. The molecular weight excluding hydrogens is 434 g/mol. The number of halogens is 2. The van der Waals surface area contributed by atoms with Crippen LogP contribution in [0.2, 0.25) is 0 Å². The van der Waals surface area contributed by atoms with E-state index in [0.717, 1.165) is 12.8 Å². The van der Waals surface area contributed by atoms with Gasteiger partial charge in [-0.15, -0.1) is 0 Å². The summed E-state index contributed by atoms with van der Waals surface area (Å²) in [5, 5.41) is 11.8. The van der Waals surface area contributed by atoms with Crippen molar-refractivity contribution in [2.45, 2.75) is 25.4 Å². The average molecular weight is 460 g/mol. The van der Waals surface area contributed by atoms with Gasteiger partial charge in [-0.1, -0.05) is 0 Å². The smallest absolute Gasteiger partial charge is 0.227 e. The Bertz CT molecular complexity index is 1020. The predicted molar refractivity (Wildman–Crippen MR) is 118 cm³/mol. The number of hydrogen-bond acceptors (Lipinski definition) is 8. The molecule has 3 rings (SSSR count). The molecule has 1 aromatic carbocycles. The van der Waals surface area contributed by atoms with Crippen LogP contribution in [0.1, 0.15) is 29.9 Å². The molecule has 0 atom stereocenters. The molecule has 2 aromatic rings. The van der Waals surface area contributed by atoms with Crippen LogP contribution in [0.25, 0.3) is 0 Å². The summed E-state index contributed by atoms with van der Waals surface area (Å²) in [6, 6.07) is 1.41. The fourth-order valence-electron chi connectivity index (χ4n) is 3.05. The minimum Gasteiger partial charge on any atom is -0.494 e. The van der Waals surface area contributed by atoms with Gasteiger partial charge in [0.1, 0.15) is 18.7 Å². The first-order valence-electron chi connectivity index (χ1n) is 10.4.